The van der Waals surface area contributed by atoms with Crippen LogP contribution in [-0.4, -0.2) is 31.3 Å². The Morgan fingerprint density at radius 2 is 2.38 bits per heavy atom. The van der Waals surface area contributed by atoms with E-state index < -0.39 is 0 Å². The van der Waals surface area contributed by atoms with Gasteiger partial charge in [0.15, 0.2) is 0 Å². The number of carbonyl (C=O) groups is 1. The lowest BCUT2D eigenvalue weighted by Gasteiger charge is -2.00. The Morgan fingerprint density at radius 1 is 1.56 bits per heavy atom. The molecule has 2 rings (SSSR count). The van der Waals surface area contributed by atoms with Crippen molar-refractivity contribution in [2.24, 2.45) is 0 Å². The molecule has 0 saturated heterocycles. The van der Waals surface area contributed by atoms with E-state index in [1.807, 2.05) is 0 Å². The summed E-state index contributed by atoms with van der Waals surface area (Å²) < 4.78 is 6.23. The Kier molecular flexibility index (Phi) is 2.63. The fraction of sp³-hybridized carbons (Fsp3) is 0.375. The highest BCUT2D eigenvalue weighted by atomic mass is 16.5. The molecule has 0 aliphatic rings. The van der Waals surface area contributed by atoms with Crippen LogP contribution in [0.25, 0.3) is 0 Å². The fourth-order valence-electron chi connectivity index (χ4n) is 1.13. The second kappa shape index (κ2) is 4.09. The van der Waals surface area contributed by atoms with E-state index in [9.17, 15) is 4.79 Å². The van der Waals surface area contributed by atoms with E-state index in [-0.39, 0.29) is 12.5 Å². The summed E-state index contributed by atoms with van der Waals surface area (Å²) in [7, 11) is 0. The van der Waals surface area contributed by atoms with E-state index in [1.54, 1.807) is 19.9 Å². The number of nitrogens with one attached hydrogen (secondary N) is 1. The molecule has 0 unspecified atom stereocenters. The fourth-order valence-corrected chi connectivity index (χ4v) is 1.13. The quantitative estimate of drug-likeness (QED) is 0.779. The Morgan fingerprint density at radius 3 is 2.94 bits per heavy atom. The van der Waals surface area contributed by atoms with Crippen LogP contribution in [0.3, 0.4) is 0 Å². The van der Waals surface area contributed by atoms with E-state index in [1.165, 1.54) is 4.68 Å². The summed E-state index contributed by atoms with van der Waals surface area (Å²) in [6.07, 6.45) is 0. The molecule has 16 heavy (non-hydrogen) atoms. The van der Waals surface area contributed by atoms with Gasteiger partial charge in [0.05, 0.1) is 5.69 Å². The second-order valence-corrected chi connectivity index (χ2v) is 3.26. The topological polar surface area (TPSA) is 98.7 Å². The van der Waals surface area contributed by atoms with Crippen LogP contribution in [0.5, 0.6) is 0 Å². The number of aryl methyl sites for hydroxylation is 2. The molecule has 0 radical (unpaired) electrons. The van der Waals surface area contributed by atoms with Crippen molar-refractivity contribution in [1.29, 1.82) is 0 Å². The average molecular weight is 222 g/mol. The zero-order valence-corrected chi connectivity index (χ0v) is 8.84. The average Bonchev–Trinajstić information content (AvgIpc) is 2.77. The van der Waals surface area contributed by atoms with Gasteiger partial charge in [-0.2, -0.15) is 0 Å². The largest absolute Gasteiger partial charge is 0.338 e. The molecule has 0 saturated carbocycles. The second-order valence-electron chi connectivity index (χ2n) is 3.26. The number of nitrogens with zero attached hydrogens (tertiary/aromatic N) is 5. The number of carbonyl (C=O) groups excluding carboxylic acids is 1. The van der Waals surface area contributed by atoms with Crippen LogP contribution in [0.15, 0.2) is 10.6 Å². The molecule has 84 valence electrons. The van der Waals surface area contributed by atoms with Gasteiger partial charge in [0.2, 0.25) is 11.8 Å². The third kappa shape index (κ3) is 2.22. The molecule has 0 spiro atoms. The number of hydrogen-bond donors (Lipinski definition) is 1. The third-order valence-electron chi connectivity index (χ3n) is 1.89. The van der Waals surface area contributed by atoms with Gasteiger partial charge in [-0.3, -0.25) is 10.1 Å². The Balaban J connectivity index is 1.97. The number of tetrazole rings is 1. The van der Waals surface area contributed by atoms with Gasteiger partial charge in [-0.1, -0.05) is 5.16 Å². The molecule has 1 amide bonds. The highest BCUT2D eigenvalue weighted by molar-refractivity contribution is 5.89. The first-order valence-corrected chi connectivity index (χ1v) is 4.61. The molecule has 0 aliphatic carbocycles. The molecule has 2 aromatic rings. The maximum atomic E-state index is 11.5. The van der Waals surface area contributed by atoms with Crippen LogP contribution in [-0.2, 0) is 11.3 Å². The number of rotatable bonds is 3. The van der Waals surface area contributed by atoms with Crippen molar-refractivity contribution >= 4 is 11.8 Å². The van der Waals surface area contributed by atoms with Gasteiger partial charge in [-0.25, -0.2) is 4.68 Å². The monoisotopic (exact) mass is 222 g/mol. The molecule has 2 aromatic heterocycles. The van der Waals surface area contributed by atoms with Crippen LogP contribution >= 0.6 is 0 Å². The number of aromatic nitrogens is 5. The molecular formula is C8H10N6O2. The number of amides is 1. The smallest absolute Gasteiger partial charge is 0.248 e. The van der Waals surface area contributed by atoms with Crippen LogP contribution in [0.1, 0.15) is 11.5 Å². The Hall–Kier alpha value is -2.25. The minimum Gasteiger partial charge on any atom is -0.338 e. The lowest BCUT2D eigenvalue weighted by molar-refractivity contribution is -0.117. The van der Waals surface area contributed by atoms with Gasteiger partial charge >= 0.3 is 0 Å². The maximum Gasteiger partial charge on any atom is 0.248 e. The van der Waals surface area contributed by atoms with Gasteiger partial charge in [0.25, 0.3) is 0 Å². The molecule has 0 bridgehead atoms. The Bertz CT molecular complexity index is 502. The SMILES string of the molecule is Cc1cc(NC(=O)Cn2nnnc2C)on1. The van der Waals surface area contributed by atoms with Gasteiger partial charge in [0, 0.05) is 6.07 Å². The number of anilines is 1. The maximum absolute atomic E-state index is 11.5. The van der Waals surface area contributed by atoms with E-state index in [0.29, 0.717) is 17.4 Å². The summed E-state index contributed by atoms with van der Waals surface area (Å²) in [6, 6.07) is 1.63. The summed E-state index contributed by atoms with van der Waals surface area (Å²) in [5.41, 5.74) is 0.703. The molecule has 8 nitrogen and oxygen atoms in total. The summed E-state index contributed by atoms with van der Waals surface area (Å²) in [5.74, 6) is 0.615. The van der Waals surface area contributed by atoms with Gasteiger partial charge in [-0.05, 0) is 24.3 Å². The van der Waals surface area contributed by atoms with Gasteiger partial charge < -0.3 is 4.52 Å². The van der Waals surface area contributed by atoms with Crippen molar-refractivity contribution in [3.05, 3.63) is 17.6 Å². The predicted molar refractivity (Wildman–Crippen MR) is 52.4 cm³/mol. The van der Waals surface area contributed by atoms with Crippen LogP contribution in [0.4, 0.5) is 5.88 Å². The van der Waals surface area contributed by atoms with Gasteiger partial charge in [0.1, 0.15) is 12.4 Å². The molecular weight excluding hydrogens is 212 g/mol. The van der Waals surface area contributed by atoms with E-state index in [2.05, 4.69) is 26.0 Å². The van der Waals surface area contributed by atoms with Crippen LogP contribution < -0.4 is 5.32 Å². The zero-order valence-electron chi connectivity index (χ0n) is 8.84. The van der Waals surface area contributed by atoms with Gasteiger partial charge in [-0.15, -0.1) is 5.10 Å². The van der Waals surface area contributed by atoms with Crippen LogP contribution in [0, 0.1) is 13.8 Å². The first-order chi connectivity index (χ1) is 7.65. The lowest BCUT2D eigenvalue weighted by Crippen LogP contribution is -2.20. The highest BCUT2D eigenvalue weighted by Gasteiger charge is 2.09. The number of hydrogen-bond acceptors (Lipinski definition) is 6. The van der Waals surface area contributed by atoms with E-state index in [0.717, 1.165) is 0 Å². The molecule has 0 fully saturated rings. The molecule has 0 atom stereocenters. The summed E-state index contributed by atoms with van der Waals surface area (Å²) in [5, 5.41) is 16.9. The predicted octanol–water partition coefficient (Wildman–Crippen LogP) is -0.0834. The summed E-state index contributed by atoms with van der Waals surface area (Å²) in [6.45, 7) is 3.52. The summed E-state index contributed by atoms with van der Waals surface area (Å²) >= 11 is 0. The normalized spacial score (nSPS) is 10.4. The van der Waals surface area contributed by atoms with Crippen molar-refractivity contribution in [3.8, 4) is 0 Å². The van der Waals surface area contributed by atoms with Crippen molar-refractivity contribution in [2.45, 2.75) is 20.4 Å². The van der Waals surface area contributed by atoms with Crippen molar-refractivity contribution in [3.63, 3.8) is 0 Å². The molecule has 0 aliphatic heterocycles. The first kappa shape index (κ1) is 10.3. The minimum atomic E-state index is -0.272. The minimum absolute atomic E-state index is 0.0403. The zero-order chi connectivity index (χ0) is 11.5. The first-order valence-electron chi connectivity index (χ1n) is 4.61. The summed E-state index contributed by atoms with van der Waals surface area (Å²) in [4.78, 5) is 11.5. The molecule has 0 aromatic carbocycles. The van der Waals surface area contributed by atoms with E-state index in [4.69, 9.17) is 4.52 Å². The van der Waals surface area contributed by atoms with Crippen molar-refractivity contribution in [1.82, 2.24) is 25.4 Å². The Labute approximate surface area is 90.6 Å². The van der Waals surface area contributed by atoms with Crippen molar-refractivity contribution < 1.29 is 9.32 Å². The molecule has 8 heteroatoms. The molecule has 2 heterocycles. The van der Waals surface area contributed by atoms with Crippen molar-refractivity contribution in [2.75, 3.05) is 5.32 Å². The lowest BCUT2D eigenvalue weighted by atomic mass is 10.4. The van der Waals surface area contributed by atoms with E-state index >= 15 is 0 Å². The third-order valence-corrected chi connectivity index (χ3v) is 1.89. The highest BCUT2D eigenvalue weighted by Crippen LogP contribution is 2.08. The van der Waals surface area contributed by atoms with Crippen LogP contribution in [0.2, 0.25) is 0 Å². The molecule has 1 N–H and O–H groups in total. The standard InChI is InChI=1S/C8H10N6O2/c1-5-3-8(16-11-5)9-7(15)4-14-6(2)10-12-13-14/h3H,4H2,1-2H3,(H,9,15).